The van der Waals surface area contributed by atoms with Crippen molar-refractivity contribution in [2.45, 2.75) is 81.9 Å². The van der Waals surface area contributed by atoms with E-state index in [2.05, 4.69) is 14.6 Å². The number of sulfonamides is 1. The molecule has 5 rings (SSSR count). The lowest BCUT2D eigenvalue weighted by atomic mass is 9.96. The van der Waals surface area contributed by atoms with Crippen LogP contribution >= 0.6 is 23.2 Å². The van der Waals surface area contributed by atoms with Crippen LogP contribution in [0.1, 0.15) is 61.8 Å². The number of benzene rings is 2. The van der Waals surface area contributed by atoms with E-state index in [0.29, 0.717) is 68.7 Å². The van der Waals surface area contributed by atoms with Crippen LogP contribution in [0.2, 0.25) is 10.0 Å². The van der Waals surface area contributed by atoms with Crippen LogP contribution < -0.4 is 9.46 Å². The van der Waals surface area contributed by atoms with Gasteiger partial charge in [0, 0.05) is 47.8 Å². The number of pyridine rings is 1. The van der Waals surface area contributed by atoms with Gasteiger partial charge in [-0.05, 0) is 104 Å². The van der Waals surface area contributed by atoms with Gasteiger partial charge in [-0.3, -0.25) is 14.5 Å². The Labute approximate surface area is 318 Å². The minimum absolute atomic E-state index is 0.0644. The summed E-state index contributed by atoms with van der Waals surface area (Å²) in [5.41, 5.74) is 1.61. The molecule has 52 heavy (non-hydrogen) atoms. The summed E-state index contributed by atoms with van der Waals surface area (Å²) in [7, 11) is 3.67. The lowest BCUT2D eigenvalue weighted by molar-refractivity contribution is -0.145. The highest BCUT2D eigenvalue weighted by Gasteiger charge is 2.47. The Morgan fingerprint density at radius 1 is 0.981 bits per heavy atom. The Hall–Kier alpha value is -3.00. The van der Waals surface area contributed by atoms with E-state index in [1.807, 2.05) is 70.0 Å². The van der Waals surface area contributed by atoms with Crippen LogP contribution in [0.3, 0.4) is 0 Å². The van der Waals surface area contributed by atoms with Gasteiger partial charge >= 0.3 is 0 Å². The molecule has 11 nitrogen and oxygen atoms in total. The first kappa shape index (κ1) is 40.2. The van der Waals surface area contributed by atoms with Gasteiger partial charge < -0.3 is 19.4 Å². The summed E-state index contributed by atoms with van der Waals surface area (Å²) in [6.07, 6.45) is 4.88. The molecule has 2 aliphatic rings. The molecular weight excluding hydrogens is 723 g/mol. The molecule has 14 heteroatoms. The summed E-state index contributed by atoms with van der Waals surface area (Å²) in [5, 5.41) is 1.14. The number of likely N-dealkylation sites (N-methyl/N-ethyl adjacent to an activating group) is 1. The van der Waals surface area contributed by atoms with Crippen LogP contribution in [-0.4, -0.2) is 117 Å². The summed E-state index contributed by atoms with van der Waals surface area (Å²) in [4.78, 5) is 39.9. The predicted molar refractivity (Wildman–Crippen MR) is 207 cm³/mol. The number of rotatable bonds is 14. The van der Waals surface area contributed by atoms with Gasteiger partial charge in [-0.25, -0.2) is 13.4 Å². The van der Waals surface area contributed by atoms with Crippen molar-refractivity contribution >= 4 is 55.9 Å². The third kappa shape index (κ3) is 9.02. The molecule has 2 heterocycles. The number of nitrogens with zero attached hydrogens (tertiary/aromatic N) is 5. The number of hydrogen-bond acceptors (Lipinski definition) is 8. The van der Waals surface area contributed by atoms with Crippen molar-refractivity contribution in [3.63, 3.8) is 0 Å². The molecule has 1 saturated heterocycles. The molecule has 2 amide bonds. The molecular formula is C38H52Cl2N6O5S. The monoisotopic (exact) mass is 774 g/mol. The number of piperazine rings is 1. The number of unbranched alkanes of at least 4 members (excludes halogenated alkanes) is 1. The van der Waals surface area contributed by atoms with E-state index in [4.69, 9.17) is 27.9 Å². The van der Waals surface area contributed by atoms with E-state index in [9.17, 15) is 18.0 Å². The second kappa shape index (κ2) is 17.0. The topological polar surface area (TPSA) is 115 Å². The van der Waals surface area contributed by atoms with E-state index in [0.717, 1.165) is 42.5 Å². The second-order valence-electron chi connectivity index (χ2n) is 14.7. The first-order valence-corrected chi connectivity index (χ1v) is 20.3. The van der Waals surface area contributed by atoms with Crippen molar-refractivity contribution in [1.82, 2.24) is 29.3 Å². The molecule has 1 saturated carbocycles. The fraction of sp³-hybridized carbons (Fsp3) is 0.553. The van der Waals surface area contributed by atoms with Crippen LogP contribution in [0.25, 0.3) is 10.9 Å². The number of halogens is 2. The van der Waals surface area contributed by atoms with E-state index in [1.165, 1.54) is 12.1 Å². The number of fused-ring (bicyclic) bond motifs is 1. The zero-order valence-corrected chi connectivity index (χ0v) is 33.5. The number of carbonyl (C=O) groups excluding carboxylic acids is 2. The molecule has 1 atom stereocenters. The first-order chi connectivity index (χ1) is 24.6. The summed E-state index contributed by atoms with van der Waals surface area (Å²) in [5.74, 6) is 0.325. The van der Waals surface area contributed by atoms with Crippen LogP contribution in [0, 0.1) is 13.8 Å². The number of nitrogens with one attached hydrogen (secondary N) is 1. The number of aryl methyl sites for hydroxylation is 2. The van der Waals surface area contributed by atoms with Crippen LogP contribution in [-0.2, 0) is 26.2 Å². The molecule has 2 aromatic carbocycles. The van der Waals surface area contributed by atoms with Crippen molar-refractivity contribution in [1.29, 1.82) is 0 Å². The fourth-order valence-corrected chi connectivity index (χ4v) is 9.71. The summed E-state index contributed by atoms with van der Waals surface area (Å²) >= 11 is 13.4. The van der Waals surface area contributed by atoms with Crippen molar-refractivity contribution < 1.29 is 22.7 Å². The highest BCUT2D eigenvalue weighted by molar-refractivity contribution is 7.89. The zero-order valence-electron chi connectivity index (χ0n) is 31.2. The van der Waals surface area contributed by atoms with E-state index in [-0.39, 0.29) is 39.4 Å². The van der Waals surface area contributed by atoms with Gasteiger partial charge in [0.2, 0.25) is 21.8 Å². The molecule has 2 fully saturated rings. The SMILES string of the molecule is Cc1cc(C)c2cccc(OCc3c(Cl)ccc(S(=O)(=O)NC4(C(=O)N5CCN(C(=O)[C@H](CCCCN(C)C)N(C)C)CC5)CCCC4)c3Cl)c2n1. The molecule has 1 aliphatic heterocycles. The Morgan fingerprint density at radius 3 is 2.31 bits per heavy atom. The minimum atomic E-state index is -4.28. The van der Waals surface area contributed by atoms with E-state index < -0.39 is 15.6 Å². The summed E-state index contributed by atoms with van der Waals surface area (Å²) < 4.78 is 37.1. The molecule has 1 aliphatic carbocycles. The Kier molecular flexibility index (Phi) is 13.1. The second-order valence-corrected chi connectivity index (χ2v) is 17.1. The minimum Gasteiger partial charge on any atom is -0.487 e. The summed E-state index contributed by atoms with van der Waals surface area (Å²) in [6, 6.07) is 10.3. The molecule has 0 bridgehead atoms. The van der Waals surface area contributed by atoms with Crippen LogP contribution in [0.4, 0.5) is 0 Å². The lowest BCUT2D eigenvalue weighted by Gasteiger charge is -2.41. The third-order valence-electron chi connectivity index (χ3n) is 10.3. The Bertz CT molecular complexity index is 1880. The van der Waals surface area contributed by atoms with Gasteiger partial charge in [0.1, 0.15) is 28.3 Å². The molecule has 1 N–H and O–H groups in total. The molecule has 284 valence electrons. The molecule has 0 spiro atoms. The maximum absolute atomic E-state index is 14.2. The standard InChI is InChI=1S/C38H52Cl2N6O5S/c1-26-24-27(2)41-35-28(26)12-11-14-32(35)51-25-29-30(39)15-16-33(34(29)40)52(49,50)42-38(17-8-9-18-38)37(48)46-22-20-45(21-23-46)36(47)31(44(5)6)13-7-10-19-43(3)4/h11-12,14-16,24,31,42H,7-10,13,17-23,25H2,1-6H3/t31-/m0/s1. The molecule has 0 radical (unpaired) electrons. The highest BCUT2D eigenvalue weighted by Crippen LogP contribution is 2.37. The van der Waals surface area contributed by atoms with Crippen molar-refractivity contribution in [2.24, 2.45) is 0 Å². The molecule has 1 aromatic heterocycles. The number of ether oxygens (including phenoxy) is 1. The summed E-state index contributed by atoms with van der Waals surface area (Å²) in [6.45, 7) is 6.27. The van der Waals surface area contributed by atoms with Gasteiger partial charge in [-0.2, -0.15) is 4.72 Å². The highest BCUT2D eigenvalue weighted by atomic mass is 35.5. The van der Waals surface area contributed by atoms with Gasteiger partial charge in [-0.15, -0.1) is 0 Å². The largest absolute Gasteiger partial charge is 0.487 e. The number of para-hydroxylation sites is 1. The zero-order chi connectivity index (χ0) is 37.8. The maximum atomic E-state index is 14.2. The van der Waals surface area contributed by atoms with Gasteiger partial charge in [0.25, 0.3) is 0 Å². The Morgan fingerprint density at radius 2 is 1.65 bits per heavy atom. The lowest BCUT2D eigenvalue weighted by Crippen LogP contribution is -2.62. The smallest absolute Gasteiger partial charge is 0.243 e. The molecule has 0 unspecified atom stereocenters. The quantitative estimate of drug-likeness (QED) is 0.209. The van der Waals surface area contributed by atoms with Gasteiger partial charge in [0.15, 0.2) is 0 Å². The van der Waals surface area contributed by atoms with E-state index in [1.54, 1.807) is 11.0 Å². The number of hydrogen-bond donors (Lipinski definition) is 1. The number of amides is 2. The number of carbonyl (C=O) groups is 2. The fourth-order valence-electron chi connectivity index (χ4n) is 7.40. The van der Waals surface area contributed by atoms with Crippen LogP contribution in [0.15, 0.2) is 41.3 Å². The molecule has 3 aromatic rings. The Balaban J connectivity index is 1.28. The first-order valence-electron chi connectivity index (χ1n) is 18.0. The van der Waals surface area contributed by atoms with E-state index >= 15 is 0 Å². The third-order valence-corrected chi connectivity index (χ3v) is 12.7. The van der Waals surface area contributed by atoms with Crippen molar-refractivity contribution in [2.75, 3.05) is 60.9 Å². The van der Waals surface area contributed by atoms with Crippen molar-refractivity contribution in [3.8, 4) is 5.75 Å². The predicted octanol–water partition coefficient (Wildman–Crippen LogP) is 5.66. The number of aromatic nitrogens is 1. The van der Waals surface area contributed by atoms with Crippen LogP contribution in [0.5, 0.6) is 5.75 Å². The normalized spacial score (nSPS) is 17.0. The average molecular weight is 776 g/mol. The van der Waals surface area contributed by atoms with Gasteiger partial charge in [-0.1, -0.05) is 54.6 Å². The average Bonchev–Trinajstić information content (AvgIpc) is 3.56. The van der Waals surface area contributed by atoms with Gasteiger partial charge in [0.05, 0.1) is 11.1 Å². The van der Waals surface area contributed by atoms with Crippen molar-refractivity contribution in [3.05, 3.63) is 63.3 Å². The maximum Gasteiger partial charge on any atom is 0.243 e.